The highest BCUT2D eigenvalue weighted by Gasteiger charge is 2.44. The number of aliphatic hydroxyl groups is 1. The molecule has 0 aliphatic heterocycles. The number of aliphatic hydroxyl groups excluding tert-OH is 1. The van der Waals surface area contributed by atoms with Crippen molar-refractivity contribution in [2.24, 2.45) is 5.92 Å². The van der Waals surface area contributed by atoms with Crippen molar-refractivity contribution >= 4 is 15.9 Å². The van der Waals surface area contributed by atoms with Gasteiger partial charge < -0.3 is 5.11 Å². The zero-order chi connectivity index (χ0) is 9.07. The van der Waals surface area contributed by atoms with Crippen molar-refractivity contribution in [3.63, 3.8) is 0 Å². The molecule has 0 fully saturated rings. The number of rotatable bonds is 4. The monoisotopic (exact) mass is 225 g/mol. The average molecular weight is 226 g/mol. The normalized spacial score (nSPS) is 18.9. The van der Waals surface area contributed by atoms with E-state index in [0.29, 0.717) is 6.42 Å². The van der Waals surface area contributed by atoms with Crippen molar-refractivity contribution in [2.75, 3.05) is 6.61 Å². The van der Waals surface area contributed by atoms with Crippen LogP contribution in [0.2, 0.25) is 0 Å². The van der Waals surface area contributed by atoms with Gasteiger partial charge in [-0.2, -0.15) is 0 Å². The van der Waals surface area contributed by atoms with Gasteiger partial charge in [0, 0.05) is 26.8 Å². The van der Waals surface area contributed by atoms with E-state index in [-0.39, 0.29) is 5.92 Å². The van der Waals surface area contributed by atoms with Crippen LogP contribution in [0.3, 0.4) is 0 Å². The van der Waals surface area contributed by atoms with Gasteiger partial charge in [-0.1, -0.05) is 13.8 Å². The van der Waals surface area contributed by atoms with E-state index in [0.717, 1.165) is 0 Å². The first-order valence-electron chi connectivity index (χ1n) is 3.43. The lowest BCUT2D eigenvalue weighted by atomic mass is 10.0. The molecule has 2 unspecified atom stereocenters. The largest absolute Gasteiger partial charge is 0.388 e. The van der Waals surface area contributed by atoms with Crippen LogP contribution in [0, 0.1) is 16.0 Å². The molecule has 0 radical (unpaired) electrons. The first-order valence-corrected chi connectivity index (χ1v) is 4.22. The Labute approximate surface area is 73.9 Å². The fourth-order valence-electron chi connectivity index (χ4n) is 0.706. The third-order valence-corrected chi connectivity index (χ3v) is 3.21. The molecule has 4 nitrogen and oxygen atoms in total. The highest BCUT2D eigenvalue weighted by Crippen LogP contribution is 2.29. The lowest BCUT2D eigenvalue weighted by Gasteiger charge is -2.21. The van der Waals surface area contributed by atoms with Gasteiger partial charge >= 0.3 is 0 Å². The summed E-state index contributed by atoms with van der Waals surface area (Å²) in [6.07, 6.45) is 0.660. The van der Waals surface area contributed by atoms with Gasteiger partial charge in [-0.3, -0.25) is 10.1 Å². The Morgan fingerprint density at radius 2 is 2.27 bits per heavy atom. The van der Waals surface area contributed by atoms with Crippen LogP contribution in [0.25, 0.3) is 0 Å². The Balaban J connectivity index is 4.45. The fourth-order valence-corrected chi connectivity index (χ4v) is 1.03. The van der Waals surface area contributed by atoms with E-state index < -0.39 is 16.0 Å². The lowest BCUT2D eigenvalue weighted by Crippen LogP contribution is -2.41. The molecule has 66 valence electrons. The summed E-state index contributed by atoms with van der Waals surface area (Å²) < 4.78 is -1.36. The molecule has 0 spiro atoms. The number of halogens is 1. The minimum atomic E-state index is -1.36. The summed E-state index contributed by atoms with van der Waals surface area (Å²) >= 11 is 2.93. The molecule has 0 rings (SSSR count). The quantitative estimate of drug-likeness (QED) is 0.341. The van der Waals surface area contributed by atoms with Gasteiger partial charge in [-0.15, -0.1) is 0 Å². The van der Waals surface area contributed by atoms with Crippen LogP contribution in [-0.2, 0) is 0 Å². The summed E-state index contributed by atoms with van der Waals surface area (Å²) in [4.78, 5) is 9.97. The van der Waals surface area contributed by atoms with E-state index in [2.05, 4.69) is 15.9 Å². The second-order valence-electron chi connectivity index (χ2n) is 2.54. The molecule has 1 N–H and O–H groups in total. The van der Waals surface area contributed by atoms with Crippen molar-refractivity contribution < 1.29 is 10.0 Å². The number of nitrogens with zero attached hydrogens (tertiary/aromatic N) is 1. The molecule has 0 aromatic rings. The summed E-state index contributed by atoms with van der Waals surface area (Å²) in [5.74, 6) is -0.178. The highest BCUT2D eigenvalue weighted by molar-refractivity contribution is 9.10. The van der Waals surface area contributed by atoms with Gasteiger partial charge in [0.25, 0.3) is 4.45 Å². The molecule has 0 aromatic carbocycles. The topological polar surface area (TPSA) is 63.4 Å². The van der Waals surface area contributed by atoms with Gasteiger partial charge in [-0.05, 0) is 6.42 Å². The standard InChI is InChI=1S/C6H12BrNO3/c1-3-5(2)6(7,4-9)8(10)11/h5,9H,3-4H2,1-2H3. The smallest absolute Gasteiger partial charge is 0.299 e. The van der Waals surface area contributed by atoms with Crippen LogP contribution in [0.1, 0.15) is 20.3 Å². The predicted octanol–water partition coefficient (Wildman–Crippen LogP) is 1.39. The Hall–Kier alpha value is -0.160. The van der Waals surface area contributed by atoms with Crippen LogP contribution in [0.4, 0.5) is 0 Å². The van der Waals surface area contributed by atoms with Crippen LogP contribution < -0.4 is 0 Å². The second-order valence-corrected chi connectivity index (χ2v) is 3.92. The molecular weight excluding hydrogens is 214 g/mol. The first kappa shape index (κ1) is 10.8. The molecule has 0 bridgehead atoms. The SMILES string of the molecule is CCC(C)C(Br)(CO)[N+](=O)[O-]. The zero-order valence-corrected chi connectivity index (χ0v) is 8.17. The maximum atomic E-state index is 10.5. The summed E-state index contributed by atoms with van der Waals surface area (Å²) in [5, 5.41) is 19.2. The molecule has 5 heteroatoms. The lowest BCUT2D eigenvalue weighted by molar-refractivity contribution is -0.548. The van der Waals surface area contributed by atoms with Gasteiger partial charge in [0.15, 0.2) is 0 Å². The van der Waals surface area contributed by atoms with Gasteiger partial charge in [0.05, 0.1) is 0 Å². The van der Waals surface area contributed by atoms with Gasteiger partial charge in [-0.25, -0.2) is 0 Å². The molecule has 0 saturated carbocycles. The van der Waals surface area contributed by atoms with E-state index in [1.807, 2.05) is 6.92 Å². The Morgan fingerprint density at radius 3 is 2.36 bits per heavy atom. The minimum Gasteiger partial charge on any atom is -0.388 e. The molecule has 0 saturated heterocycles. The van der Waals surface area contributed by atoms with Crippen LogP contribution in [0.5, 0.6) is 0 Å². The van der Waals surface area contributed by atoms with Crippen molar-refractivity contribution in [1.82, 2.24) is 0 Å². The molecular formula is C6H12BrNO3. The Bertz CT molecular complexity index is 153. The fraction of sp³-hybridized carbons (Fsp3) is 1.00. The van der Waals surface area contributed by atoms with Crippen LogP contribution in [0.15, 0.2) is 0 Å². The maximum absolute atomic E-state index is 10.5. The zero-order valence-electron chi connectivity index (χ0n) is 6.58. The number of alkyl halides is 1. The van der Waals surface area contributed by atoms with E-state index in [9.17, 15) is 10.1 Å². The molecule has 2 atom stereocenters. The van der Waals surface area contributed by atoms with Gasteiger partial charge in [0.1, 0.15) is 6.61 Å². The van der Waals surface area contributed by atoms with Crippen molar-refractivity contribution in [3.8, 4) is 0 Å². The average Bonchev–Trinajstić information content (AvgIpc) is 2.01. The summed E-state index contributed by atoms with van der Waals surface area (Å²) in [6, 6.07) is 0. The highest BCUT2D eigenvalue weighted by atomic mass is 79.9. The van der Waals surface area contributed by atoms with Crippen LogP contribution in [-0.4, -0.2) is 21.1 Å². The summed E-state index contributed by atoms with van der Waals surface area (Å²) in [6.45, 7) is 3.10. The maximum Gasteiger partial charge on any atom is 0.299 e. The number of hydrogen-bond acceptors (Lipinski definition) is 3. The Kier molecular flexibility index (Phi) is 3.96. The van der Waals surface area contributed by atoms with Crippen molar-refractivity contribution in [2.45, 2.75) is 24.7 Å². The summed E-state index contributed by atoms with van der Waals surface area (Å²) in [5.41, 5.74) is 0. The molecule has 11 heavy (non-hydrogen) atoms. The molecule has 0 amide bonds. The third-order valence-electron chi connectivity index (χ3n) is 1.89. The number of hydrogen-bond donors (Lipinski definition) is 1. The Morgan fingerprint density at radius 1 is 1.82 bits per heavy atom. The van der Waals surface area contributed by atoms with E-state index in [1.165, 1.54) is 0 Å². The van der Waals surface area contributed by atoms with Crippen LogP contribution >= 0.6 is 15.9 Å². The van der Waals surface area contributed by atoms with Crippen molar-refractivity contribution in [3.05, 3.63) is 10.1 Å². The second kappa shape index (κ2) is 4.01. The van der Waals surface area contributed by atoms with E-state index in [4.69, 9.17) is 5.11 Å². The molecule has 0 aliphatic rings. The molecule has 0 heterocycles. The van der Waals surface area contributed by atoms with E-state index in [1.54, 1.807) is 6.92 Å². The number of nitro groups is 1. The predicted molar refractivity (Wildman–Crippen MR) is 45.2 cm³/mol. The van der Waals surface area contributed by atoms with E-state index >= 15 is 0 Å². The first-order chi connectivity index (χ1) is 4.99. The van der Waals surface area contributed by atoms with Gasteiger partial charge in [0.2, 0.25) is 0 Å². The summed E-state index contributed by atoms with van der Waals surface area (Å²) in [7, 11) is 0. The minimum absolute atomic E-state index is 0.178. The molecule has 0 aromatic heterocycles. The molecule has 0 aliphatic carbocycles. The third kappa shape index (κ3) is 2.13. The van der Waals surface area contributed by atoms with Crippen molar-refractivity contribution in [1.29, 1.82) is 0 Å².